The zero-order valence-electron chi connectivity index (χ0n) is 13.4. The van der Waals surface area contributed by atoms with E-state index >= 15 is 0 Å². The molecule has 1 aliphatic rings. The number of carbonyl (C=O) groups is 1. The van der Waals surface area contributed by atoms with E-state index in [2.05, 4.69) is 10.2 Å². The van der Waals surface area contributed by atoms with Crippen LogP contribution in [0.15, 0.2) is 36.4 Å². The van der Waals surface area contributed by atoms with Crippen LogP contribution < -0.4 is 10.2 Å². The van der Waals surface area contributed by atoms with E-state index in [9.17, 15) is 9.90 Å². The Bertz CT molecular complexity index is 696. The molecule has 4 nitrogen and oxygen atoms in total. The summed E-state index contributed by atoms with van der Waals surface area (Å²) in [5.41, 5.74) is 1.86. The van der Waals surface area contributed by atoms with Crippen molar-refractivity contribution in [1.82, 2.24) is 0 Å². The van der Waals surface area contributed by atoms with Crippen LogP contribution >= 0.6 is 22.9 Å². The number of amides is 1. The van der Waals surface area contributed by atoms with Crippen molar-refractivity contribution < 1.29 is 9.90 Å². The lowest BCUT2D eigenvalue weighted by atomic mass is 10.1. The molecule has 0 saturated carbocycles. The summed E-state index contributed by atoms with van der Waals surface area (Å²) in [6.07, 6.45) is 2.45. The molecule has 1 amide bonds. The number of hydrogen-bond acceptors (Lipinski definition) is 4. The Labute approximate surface area is 151 Å². The van der Waals surface area contributed by atoms with E-state index < -0.39 is 0 Å². The first-order valence-electron chi connectivity index (χ1n) is 8.18. The minimum atomic E-state index is -0.208. The Morgan fingerprint density at radius 3 is 2.71 bits per heavy atom. The number of nitrogens with one attached hydrogen (secondary N) is 1. The number of hydrogen-bond donors (Lipinski definition) is 2. The maximum Gasteiger partial charge on any atom is 0.224 e. The number of thiophene rings is 1. The van der Waals surface area contributed by atoms with E-state index in [1.165, 1.54) is 11.3 Å². The standard InChI is InChI=1S/C18H21ClN2O2S/c19-17-7-5-14(24-17)6-8-18(23)20-15-3-1-2-4-16(15)21-11-9-13(22)10-12-21/h1-5,7,13,22H,6,8-12H2,(H,20,23). The summed E-state index contributed by atoms with van der Waals surface area (Å²) in [7, 11) is 0. The number of aliphatic hydroxyl groups is 1. The number of para-hydroxylation sites is 2. The van der Waals surface area contributed by atoms with Crippen molar-refractivity contribution in [3.63, 3.8) is 0 Å². The number of aryl methyl sites for hydroxylation is 1. The van der Waals surface area contributed by atoms with Crippen molar-refractivity contribution in [2.24, 2.45) is 0 Å². The smallest absolute Gasteiger partial charge is 0.224 e. The molecule has 0 unspecified atom stereocenters. The van der Waals surface area contributed by atoms with Gasteiger partial charge in [0, 0.05) is 24.4 Å². The van der Waals surface area contributed by atoms with E-state index in [1.54, 1.807) is 0 Å². The first-order valence-corrected chi connectivity index (χ1v) is 9.37. The first-order chi connectivity index (χ1) is 11.6. The van der Waals surface area contributed by atoms with Gasteiger partial charge in [0.2, 0.25) is 5.91 Å². The molecule has 24 heavy (non-hydrogen) atoms. The highest BCUT2D eigenvalue weighted by Crippen LogP contribution is 2.29. The van der Waals surface area contributed by atoms with Gasteiger partial charge in [-0.1, -0.05) is 23.7 Å². The third-order valence-corrected chi connectivity index (χ3v) is 5.50. The second kappa shape index (κ2) is 8.01. The molecule has 2 aromatic rings. The summed E-state index contributed by atoms with van der Waals surface area (Å²) in [5, 5.41) is 12.7. The second-order valence-corrected chi connectivity index (χ2v) is 7.79. The molecule has 1 aromatic heterocycles. The maximum atomic E-state index is 12.3. The summed E-state index contributed by atoms with van der Waals surface area (Å²) >= 11 is 7.43. The highest BCUT2D eigenvalue weighted by atomic mass is 35.5. The molecular weight excluding hydrogens is 344 g/mol. The van der Waals surface area contributed by atoms with Crippen LogP contribution in [0.25, 0.3) is 0 Å². The Morgan fingerprint density at radius 1 is 1.25 bits per heavy atom. The van der Waals surface area contributed by atoms with E-state index in [1.807, 2.05) is 36.4 Å². The van der Waals surface area contributed by atoms with Gasteiger partial charge < -0.3 is 15.3 Å². The van der Waals surface area contributed by atoms with Crippen LogP contribution in [-0.2, 0) is 11.2 Å². The molecule has 6 heteroatoms. The average Bonchev–Trinajstić information content (AvgIpc) is 3.00. The molecule has 2 heterocycles. The van der Waals surface area contributed by atoms with Gasteiger partial charge >= 0.3 is 0 Å². The van der Waals surface area contributed by atoms with Crippen LogP contribution in [-0.4, -0.2) is 30.2 Å². The Morgan fingerprint density at radius 2 is 2.00 bits per heavy atom. The van der Waals surface area contributed by atoms with Crippen molar-refractivity contribution >= 4 is 40.2 Å². The second-order valence-electron chi connectivity index (χ2n) is 5.99. The van der Waals surface area contributed by atoms with Crippen molar-refractivity contribution in [2.45, 2.75) is 31.8 Å². The fourth-order valence-electron chi connectivity index (χ4n) is 2.90. The van der Waals surface area contributed by atoms with Crippen LogP contribution in [0.5, 0.6) is 0 Å². The molecule has 0 radical (unpaired) electrons. The van der Waals surface area contributed by atoms with Crippen LogP contribution in [0.4, 0.5) is 11.4 Å². The van der Waals surface area contributed by atoms with Crippen molar-refractivity contribution in [3.05, 3.63) is 45.6 Å². The van der Waals surface area contributed by atoms with Gasteiger partial charge in [0.1, 0.15) is 0 Å². The number of benzene rings is 1. The predicted molar refractivity (Wildman–Crippen MR) is 100 cm³/mol. The molecule has 1 saturated heterocycles. The number of aliphatic hydroxyl groups excluding tert-OH is 1. The third kappa shape index (κ3) is 4.50. The number of halogens is 1. The summed E-state index contributed by atoms with van der Waals surface area (Å²) in [4.78, 5) is 15.6. The Balaban J connectivity index is 1.61. The van der Waals surface area contributed by atoms with Gasteiger partial charge in [0.15, 0.2) is 0 Å². The molecule has 1 fully saturated rings. The quantitative estimate of drug-likeness (QED) is 0.845. The van der Waals surface area contributed by atoms with E-state index in [0.29, 0.717) is 12.8 Å². The number of rotatable bonds is 5. The lowest BCUT2D eigenvalue weighted by molar-refractivity contribution is -0.116. The lowest BCUT2D eigenvalue weighted by Gasteiger charge is -2.32. The number of carbonyl (C=O) groups excluding carboxylic acids is 1. The van der Waals surface area contributed by atoms with Gasteiger partial charge in [-0.15, -0.1) is 11.3 Å². The molecule has 2 N–H and O–H groups in total. The van der Waals surface area contributed by atoms with E-state index in [4.69, 9.17) is 11.6 Å². The van der Waals surface area contributed by atoms with Gasteiger partial charge in [0.05, 0.1) is 21.8 Å². The highest BCUT2D eigenvalue weighted by Gasteiger charge is 2.19. The molecule has 128 valence electrons. The fraction of sp³-hybridized carbons (Fsp3) is 0.389. The molecule has 0 aliphatic carbocycles. The van der Waals surface area contributed by atoms with Gasteiger partial charge in [-0.25, -0.2) is 0 Å². The largest absolute Gasteiger partial charge is 0.393 e. The minimum absolute atomic E-state index is 0.00372. The summed E-state index contributed by atoms with van der Waals surface area (Å²) in [6, 6.07) is 11.7. The van der Waals surface area contributed by atoms with Gasteiger partial charge in [0.25, 0.3) is 0 Å². The third-order valence-electron chi connectivity index (χ3n) is 4.21. The molecule has 0 spiro atoms. The summed E-state index contributed by atoms with van der Waals surface area (Å²) < 4.78 is 0.753. The Hall–Kier alpha value is -1.56. The SMILES string of the molecule is O=C(CCc1ccc(Cl)s1)Nc1ccccc1N1CCC(O)CC1. The zero-order chi connectivity index (χ0) is 16.9. The maximum absolute atomic E-state index is 12.3. The normalized spacial score (nSPS) is 15.5. The van der Waals surface area contributed by atoms with Gasteiger partial charge in [-0.05, 0) is 43.5 Å². The van der Waals surface area contributed by atoms with Crippen LogP contribution in [0.1, 0.15) is 24.1 Å². The van der Waals surface area contributed by atoms with Gasteiger partial charge in [-0.2, -0.15) is 0 Å². The lowest BCUT2D eigenvalue weighted by Crippen LogP contribution is -2.36. The summed E-state index contributed by atoms with van der Waals surface area (Å²) in [6.45, 7) is 1.61. The summed E-state index contributed by atoms with van der Waals surface area (Å²) in [5.74, 6) is 0.00372. The molecule has 0 atom stereocenters. The molecule has 3 rings (SSSR count). The molecular formula is C18H21ClN2O2S. The molecule has 1 aromatic carbocycles. The van der Waals surface area contributed by atoms with E-state index in [-0.39, 0.29) is 12.0 Å². The zero-order valence-corrected chi connectivity index (χ0v) is 14.9. The number of anilines is 2. The topological polar surface area (TPSA) is 52.6 Å². The number of piperidine rings is 1. The van der Waals surface area contributed by atoms with Crippen LogP contribution in [0.3, 0.4) is 0 Å². The Kier molecular flexibility index (Phi) is 5.76. The molecule has 0 bridgehead atoms. The minimum Gasteiger partial charge on any atom is -0.393 e. The van der Waals surface area contributed by atoms with Crippen molar-refractivity contribution in [3.8, 4) is 0 Å². The van der Waals surface area contributed by atoms with Crippen LogP contribution in [0.2, 0.25) is 4.34 Å². The highest BCUT2D eigenvalue weighted by molar-refractivity contribution is 7.16. The fourth-order valence-corrected chi connectivity index (χ4v) is 3.98. The number of nitrogens with zero attached hydrogens (tertiary/aromatic N) is 1. The van der Waals surface area contributed by atoms with Crippen molar-refractivity contribution in [1.29, 1.82) is 0 Å². The van der Waals surface area contributed by atoms with Crippen LogP contribution in [0, 0.1) is 0 Å². The monoisotopic (exact) mass is 364 g/mol. The molecule has 1 aliphatic heterocycles. The van der Waals surface area contributed by atoms with E-state index in [0.717, 1.165) is 46.5 Å². The van der Waals surface area contributed by atoms with Gasteiger partial charge in [-0.3, -0.25) is 4.79 Å². The first kappa shape index (κ1) is 17.3. The average molecular weight is 365 g/mol. The van der Waals surface area contributed by atoms with Crippen molar-refractivity contribution in [2.75, 3.05) is 23.3 Å². The predicted octanol–water partition coefficient (Wildman–Crippen LogP) is 3.93.